The maximum absolute atomic E-state index is 5.08. The van der Waals surface area contributed by atoms with Crippen LogP contribution in [0.5, 0.6) is 0 Å². The molecule has 400 valence electrons. The van der Waals surface area contributed by atoms with Crippen molar-refractivity contribution < 1.29 is 0 Å². The van der Waals surface area contributed by atoms with Gasteiger partial charge in [-0.1, -0.05) is 326 Å². The molecule has 0 bridgehead atoms. The smallest absolute Gasteiger partial charge is 0.0646 e. The van der Waals surface area contributed by atoms with Crippen molar-refractivity contribution in [2.24, 2.45) is 9.98 Å². The van der Waals surface area contributed by atoms with E-state index in [4.69, 9.17) is 9.98 Å². The van der Waals surface area contributed by atoms with E-state index in [1.54, 1.807) is 0 Å². The maximum atomic E-state index is 5.08. The lowest BCUT2D eigenvalue weighted by Gasteiger charge is -2.04. The molecule has 0 aliphatic heterocycles. The van der Waals surface area contributed by atoms with Crippen LogP contribution in [0.3, 0.4) is 0 Å². The fourth-order valence-corrected chi connectivity index (χ4v) is 9.96. The molecule has 71 heavy (non-hydrogen) atoms. The van der Waals surface area contributed by atoms with Gasteiger partial charge in [0, 0.05) is 30.2 Å². The van der Waals surface area contributed by atoms with E-state index in [-0.39, 0.29) is 0 Å². The fourth-order valence-electron chi connectivity index (χ4n) is 9.96. The summed E-state index contributed by atoms with van der Waals surface area (Å²) in [7, 11) is 0. The van der Waals surface area contributed by atoms with Gasteiger partial charge in [-0.2, -0.15) is 0 Å². The second-order valence-corrected chi connectivity index (χ2v) is 21.7. The van der Waals surface area contributed by atoms with E-state index in [1.807, 2.05) is 6.21 Å². The molecule has 2 rings (SSSR count). The number of hydrogen-bond acceptors (Lipinski definition) is 2. The zero-order valence-electron chi connectivity index (χ0n) is 47.5. The van der Waals surface area contributed by atoms with Gasteiger partial charge in [-0.3, -0.25) is 9.98 Å². The summed E-state index contributed by atoms with van der Waals surface area (Å²) in [6.07, 6.45) is 67.9. The van der Waals surface area contributed by atoms with E-state index in [0.717, 1.165) is 53.9 Å². The Labute approximate surface area is 443 Å². The Kier molecular flexibility index (Phi) is 46.7. The van der Waals surface area contributed by atoms with Gasteiger partial charge in [-0.05, 0) is 62.1 Å². The van der Waals surface area contributed by atoms with E-state index >= 15 is 0 Å². The third-order valence-electron chi connectivity index (χ3n) is 14.6. The molecule has 0 radical (unpaired) electrons. The van der Waals surface area contributed by atoms with E-state index < -0.39 is 0 Å². The topological polar surface area (TPSA) is 24.7 Å². The molecule has 0 heterocycles. The van der Waals surface area contributed by atoms with Crippen LogP contribution in [0.15, 0.2) is 58.5 Å². The first-order chi connectivity index (χ1) is 35.2. The number of benzene rings is 2. The largest absolute Gasteiger partial charge is 0.255 e. The Balaban J connectivity index is 1.56. The number of hydrogen-bond donors (Lipinski definition) is 0. The molecule has 2 aromatic carbocycles. The van der Waals surface area contributed by atoms with Crippen molar-refractivity contribution in [2.45, 2.75) is 329 Å². The molecule has 2 nitrogen and oxygen atoms in total. The molecule has 0 unspecified atom stereocenters. The van der Waals surface area contributed by atoms with E-state index in [1.165, 1.54) is 283 Å². The van der Waals surface area contributed by atoms with Crippen LogP contribution in [-0.2, 0) is 0 Å². The van der Waals surface area contributed by atoms with Gasteiger partial charge in [0.1, 0.15) is 0 Å². The molecule has 0 aromatic heterocycles. The highest BCUT2D eigenvalue weighted by atomic mass is 14.8. The van der Waals surface area contributed by atoms with Crippen LogP contribution in [0.25, 0.3) is 0 Å². The van der Waals surface area contributed by atoms with Gasteiger partial charge in [0.25, 0.3) is 0 Å². The Bertz CT molecular complexity index is 1640. The van der Waals surface area contributed by atoms with Crippen LogP contribution in [0.4, 0.5) is 11.4 Å². The third-order valence-corrected chi connectivity index (χ3v) is 14.6. The average Bonchev–Trinajstić information content (AvgIpc) is 3.38. The zero-order chi connectivity index (χ0) is 50.4. The third kappa shape index (κ3) is 43.1. The number of rotatable bonds is 49. The van der Waals surface area contributed by atoms with Gasteiger partial charge in [-0.25, -0.2) is 0 Å². The van der Waals surface area contributed by atoms with Gasteiger partial charge in [0.05, 0.1) is 17.1 Å². The summed E-state index contributed by atoms with van der Waals surface area (Å²) in [5, 5.41) is 0. The lowest BCUT2D eigenvalue weighted by Crippen LogP contribution is -1.99. The molecule has 0 N–H and O–H groups in total. The Hall–Kier alpha value is -3.10. The monoisotopic (exact) mass is 971 g/mol. The summed E-state index contributed by atoms with van der Waals surface area (Å²) in [5.41, 5.74) is 5.02. The van der Waals surface area contributed by atoms with Gasteiger partial charge in [-0.15, -0.1) is 0 Å². The highest BCUT2D eigenvalue weighted by molar-refractivity contribution is 6.31. The lowest BCUT2D eigenvalue weighted by atomic mass is 10.0. The van der Waals surface area contributed by atoms with E-state index in [9.17, 15) is 0 Å². The molecular weight excluding hydrogens is 857 g/mol. The first-order valence-electron chi connectivity index (χ1n) is 31.5. The molecule has 0 atom stereocenters. The summed E-state index contributed by atoms with van der Waals surface area (Å²) < 4.78 is 0. The highest BCUT2D eigenvalue weighted by Crippen LogP contribution is 2.20. The highest BCUT2D eigenvalue weighted by Gasteiger charge is 2.02. The van der Waals surface area contributed by atoms with Crippen molar-refractivity contribution in [1.29, 1.82) is 0 Å². The van der Waals surface area contributed by atoms with Crippen LogP contribution in [0.2, 0.25) is 0 Å². The molecule has 0 spiro atoms. The second-order valence-electron chi connectivity index (χ2n) is 21.7. The number of unbranched alkanes of at least 4 members (excludes halogenated alkanes) is 44. The van der Waals surface area contributed by atoms with Crippen LogP contribution in [0, 0.1) is 23.7 Å². The molecular formula is C69H114N2. The van der Waals surface area contributed by atoms with Crippen LogP contribution >= 0.6 is 0 Å². The van der Waals surface area contributed by atoms with Crippen molar-refractivity contribution in [3.05, 3.63) is 59.7 Å². The molecule has 0 amide bonds. The van der Waals surface area contributed by atoms with Crippen molar-refractivity contribution in [2.75, 3.05) is 0 Å². The van der Waals surface area contributed by atoms with Gasteiger partial charge >= 0.3 is 0 Å². The SMILES string of the molecule is CCCCCCCCCCCCCCCCCCCCCCCC#Cc1cccc(N=CC(CCCCC)=Nc2cccc(C#CCCCCCCCCCCCCCCCCCCCCCCC)c2)c1. The first-order valence-corrected chi connectivity index (χ1v) is 31.5. The second kappa shape index (κ2) is 51.8. The first kappa shape index (κ1) is 64.0. The fraction of sp³-hybridized carbons (Fsp3) is 0.739. The summed E-state index contributed by atoms with van der Waals surface area (Å²) in [6.45, 7) is 6.87. The summed E-state index contributed by atoms with van der Waals surface area (Å²) in [5.74, 6) is 13.7. The van der Waals surface area contributed by atoms with Crippen molar-refractivity contribution in [1.82, 2.24) is 0 Å². The predicted molar refractivity (Wildman–Crippen MR) is 321 cm³/mol. The Morgan fingerprint density at radius 3 is 0.958 bits per heavy atom. The average molecular weight is 972 g/mol. The minimum atomic E-state index is 0.922. The number of aliphatic imine (C=N–C) groups is 2. The maximum Gasteiger partial charge on any atom is 0.0646 e. The van der Waals surface area contributed by atoms with Crippen LogP contribution < -0.4 is 0 Å². The van der Waals surface area contributed by atoms with Gasteiger partial charge in [0.15, 0.2) is 0 Å². The van der Waals surface area contributed by atoms with Crippen molar-refractivity contribution in [3.63, 3.8) is 0 Å². The summed E-state index contributed by atoms with van der Waals surface area (Å²) in [6, 6.07) is 16.8. The summed E-state index contributed by atoms with van der Waals surface area (Å²) in [4.78, 5) is 9.97. The quantitative estimate of drug-likeness (QED) is 0.0359. The van der Waals surface area contributed by atoms with Crippen LogP contribution in [0.1, 0.15) is 340 Å². The molecule has 2 heteroatoms. The minimum Gasteiger partial charge on any atom is -0.255 e. The van der Waals surface area contributed by atoms with Crippen molar-refractivity contribution in [3.8, 4) is 23.7 Å². The molecule has 2 aromatic rings. The molecule has 0 saturated carbocycles. The van der Waals surface area contributed by atoms with Gasteiger partial charge in [0.2, 0.25) is 0 Å². The minimum absolute atomic E-state index is 0.922. The Morgan fingerprint density at radius 2 is 0.620 bits per heavy atom. The summed E-state index contributed by atoms with van der Waals surface area (Å²) >= 11 is 0. The lowest BCUT2D eigenvalue weighted by molar-refractivity contribution is 0.520. The molecule has 0 fully saturated rings. The standard InChI is InChI=1S/C69H114N2/c1-4-7-10-12-14-16-18-20-22-24-26-28-30-32-34-36-38-40-42-44-46-48-51-55-65-57-53-60-67(62-65)70-64-69(59-50-9-6-3)71-68-61-54-58-66(63-68)56-52-49-47-45-43-41-39-37-35-33-31-29-27-25-23-21-19-17-15-13-11-8-5-2/h53-54,57-58,60-64H,4-50,59H2,1-3H3. The zero-order valence-corrected chi connectivity index (χ0v) is 47.5. The Morgan fingerprint density at radius 1 is 0.338 bits per heavy atom. The number of nitrogens with zero attached hydrogens (tertiary/aromatic N) is 2. The van der Waals surface area contributed by atoms with Crippen LogP contribution in [-0.4, -0.2) is 11.9 Å². The molecule has 0 saturated heterocycles. The van der Waals surface area contributed by atoms with Gasteiger partial charge < -0.3 is 0 Å². The normalized spacial score (nSPS) is 11.6. The molecule has 0 aliphatic rings. The predicted octanol–water partition coefficient (Wildman–Crippen LogP) is 23.6. The molecule has 0 aliphatic carbocycles. The van der Waals surface area contributed by atoms with Crippen molar-refractivity contribution >= 4 is 23.3 Å². The van der Waals surface area contributed by atoms with E-state index in [0.29, 0.717) is 0 Å². The van der Waals surface area contributed by atoms with E-state index in [2.05, 4.69) is 93.0 Å².